The van der Waals surface area contributed by atoms with Crippen molar-refractivity contribution in [3.05, 3.63) is 60.8 Å². The third kappa shape index (κ3) is 12.7. The van der Waals surface area contributed by atoms with E-state index in [1.54, 1.807) is 14.1 Å². The fourth-order valence-corrected chi connectivity index (χ4v) is 28.4. The number of rotatable bonds is 14. The van der Waals surface area contributed by atoms with E-state index in [1.165, 1.54) is 26.2 Å². The van der Waals surface area contributed by atoms with Crippen LogP contribution in [0.2, 0.25) is 77.2 Å². The molecule has 0 aliphatic rings. The standard InChI is InChI=1S/C19H36NO3Si4.C12H18NOSi.Rf/c1-11-27(10,22-24(3,4)5)23-26(8,9)17-25(6,7)19-14-12-13-18(15-19)20(2)16-21;1-5-15(3,4)12-8-6-7-11(9-12)13(2)10-14;/h11-15H,1,17H2,2-10H3;6-9H,5H2,1-4H3;/q2*-1;. The van der Waals surface area contributed by atoms with Crippen molar-refractivity contribution in [1.82, 2.24) is 0 Å². The molecule has 2 rings (SSSR count). The van der Waals surface area contributed by atoms with Gasteiger partial charge in [-0.2, -0.15) is 0 Å². The molecule has 43 heavy (non-hydrogen) atoms. The zero-order valence-corrected chi connectivity index (χ0v) is 40.5. The number of hydrogen-bond donors (Lipinski definition) is 0. The van der Waals surface area contributed by atoms with E-state index in [2.05, 4.69) is 103 Å². The van der Waals surface area contributed by atoms with Gasteiger partial charge in [0, 0.05) is 0 Å². The topological polar surface area (TPSA) is 59.1 Å². The van der Waals surface area contributed by atoms with Gasteiger partial charge in [-0.15, -0.1) is 42.2 Å². The molecular formula is C31H54N2O4RfSi5-2. The van der Waals surface area contributed by atoms with Gasteiger partial charge in [-0.3, -0.25) is 0 Å². The first-order valence-electron chi connectivity index (χ1n) is 14.6. The molecule has 6 nitrogen and oxygen atoms in total. The summed E-state index contributed by atoms with van der Waals surface area (Å²) < 4.78 is 13.2. The van der Waals surface area contributed by atoms with Crippen LogP contribution in [-0.2, 0) is 17.8 Å². The van der Waals surface area contributed by atoms with Gasteiger partial charge in [0.15, 0.2) is 16.6 Å². The number of nitrogens with zero attached hydrogens (tertiary/aromatic N) is 2. The normalized spacial score (nSPS) is 13.4. The van der Waals surface area contributed by atoms with Gasteiger partial charge in [0.25, 0.3) is 0 Å². The van der Waals surface area contributed by atoms with E-state index in [0.29, 0.717) is 0 Å². The summed E-state index contributed by atoms with van der Waals surface area (Å²) in [7, 11) is -5.64. The Morgan fingerprint density at radius 3 is 1.51 bits per heavy atom. The van der Waals surface area contributed by atoms with Gasteiger partial charge < -0.3 is 27.6 Å². The van der Waals surface area contributed by atoms with Gasteiger partial charge in [-0.1, -0.05) is 79.5 Å². The molecule has 0 bridgehead atoms. The summed E-state index contributed by atoms with van der Waals surface area (Å²) in [4.78, 5) is 24.5. The monoisotopic (exact) mass is 925 g/mol. The van der Waals surface area contributed by atoms with Crippen molar-refractivity contribution in [2.75, 3.05) is 23.9 Å². The second-order valence-electron chi connectivity index (χ2n) is 14.0. The molecule has 2 amide bonds. The third-order valence-corrected chi connectivity index (χ3v) is 28.5. The molecule has 0 radical (unpaired) electrons. The van der Waals surface area contributed by atoms with E-state index in [9.17, 15) is 9.59 Å². The molecule has 0 spiro atoms. The molecule has 1 atom stereocenters. The Kier molecular flexibility index (Phi) is 14.7. The minimum absolute atomic E-state index is 0. The van der Waals surface area contributed by atoms with Gasteiger partial charge in [0.1, 0.15) is 0 Å². The summed E-state index contributed by atoms with van der Waals surface area (Å²) in [5.74, 6) is 0. The van der Waals surface area contributed by atoms with Crippen LogP contribution in [0.5, 0.6) is 0 Å². The van der Waals surface area contributed by atoms with Crippen LogP contribution in [0.1, 0.15) is 6.92 Å². The van der Waals surface area contributed by atoms with Gasteiger partial charge in [-0.05, 0) is 59.0 Å². The minimum Gasteiger partial charge on any atom is -0.479 e. The molecule has 0 saturated carbocycles. The molecule has 1 unspecified atom stereocenters. The van der Waals surface area contributed by atoms with Gasteiger partial charge >= 0.3 is 8.56 Å². The first-order chi connectivity index (χ1) is 19.1. The Morgan fingerprint density at radius 1 is 0.744 bits per heavy atom. The van der Waals surface area contributed by atoms with Crippen molar-refractivity contribution in [1.29, 1.82) is 0 Å². The number of benzene rings is 2. The van der Waals surface area contributed by atoms with Crippen molar-refractivity contribution in [2.45, 2.75) is 84.1 Å². The van der Waals surface area contributed by atoms with Crippen LogP contribution in [0, 0.1) is 0 Å². The fourth-order valence-electron chi connectivity index (χ4n) is 5.04. The Labute approximate surface area is 261 Å². The van der Waals surface area contributed by atoms with E-state index in [-0.39, 0.29) is 0 Å². The van der Waals surface area contributed by atoms with Crippen molar-refractivity contribution >= 4 is 75.9 Å². The quantitative estimate of drug-likeness (QED) is 0.121. The molecule has 0 aliphatic heterocycles. The Balaban J connectivity index is 0.000000934. The largest absolute Gasteiger partial charge is 0.479 e. The zero-order valence-electron chi connectivity index (χ0n) is 29.1. The van der Waals surface area contributed by atoms with E-state index in [4.69, 9.17) is 8.23 Å². The van der Waals surface area contributed by atoms with Crippen LogP contribution in [-0.4, -0.2) is 68.3 Å². The number of amides is 2. The summed E-state index contributed by atoms with van der Waals surface area (Å²) in [6, 6.07) is 17.7. The van der Waals surface area contributed by atoms with E-state index in [1.807, 2.05) is 42.8 Å². The van der Waals surface area contributed by atoms with Gasteiger partial charge in [0.2, 0.25) is 0 Å². The summed E-state index contributed by atoms with van der Waals surface area (Å²) >= 11 is 0. The average molecular weight is 926 g/mol. The molecule has 0 fully saturated rings. The maximum absolute atomic E-state index is 11.0. The van der Waals surface area contributed by atoms with Gasteiger partial charge in [-0.25, -0.2) is 0 Å². The first-order valence-corrected chi connectivity index (χ1v) is 30.0. The molecule has 0 aliphatic carbocycles. The van der Waals surface area contributed by atoms with Crippen LogP contribution < -0.4 is 20.2 Å². The number of anilines is 2. The molecule has 12 heteroatoms. The molecule has 2 aromatic rings. The average Bonchev–Trinajstić information content (AvgIpc) is 2.90. The maximum Gasteiger partial charge on any atom is 0.340 e. The van der Waals surface area contributed by atoms with Gasteiger partial charge in [0.05, 0.1) is 29.0 Å². The molecule has 0 aromatic heterocycles. The van der Waals surface area contributed by atoms with Crippen molar-refractivity contribution < 1.29 is 17.8 Å². The predicted molar refractivity (Wildman–Crippen MR) is 195 cm³/mol. The van der Waals surface area contributed by atoms with Crippen molar-refractivity contribution in [3.63, 3.8) is 0 Å². The summed E-state index contributed by atoms with van der Waals surface area (Å²) in [5, 5.41) is 2.73. The molecule has 236 valence electrons. The smallest absolute Gasteiger partial charge is 0.340 e. The molecule has 0 saturated heterocycles. The van der Waals surface area contributed by atoms with E-state index >= 15 is 0 Å². The second-order valence-corrected chi connectivity index (χ2v) is 36.6. The van der Waals surface area contributed by atoms with Crippen LogP contribution >= 0.6 is 0 Å². The first kappa shape index (κ1) is 40.1. The van der Waals surface area contributed by atoms with Crippen molar-refractivity contribution in [3.8, 4) is 0 Å². The number of carbonyl (C=O) groups excluding carboxylic acids is 2. The van der Waals surface area contributed by atoms with E-state index < -0.39 is 41.3 Å². The minimum atomic E-state index is -2.38. The molecule has 0 N–H and O–H groups in total. The Bertz CT molecular complexity index is 1210. The second kappa shape index (κ2) is 15.7. The maximum atomic E-state index is 11.0. The Morgan fingerprint density at radius 2 is 1.16 bits per heavy atom. The third-order valence-electron chi connectivity index (χ3n) is 7.41. The summed E-state index contributed by atoms with van der Waals surface area (Å²) in [6.45, 7) is 29.0. The van der Waals surface area contributed by atoms with E-state index in [0.717, 1.165) is 17.0 Å². The molecular weight excluding hydrogens is 872 g/mol. The van der Waals surface area contributed by atoms with Crippen LogP contribution in [0.25, 0.3) is 0 Å². The Hall–Kier alpha value is -2.88. The van der Waals surface area contributed by atoms with Crippen LogP contribution in [0.3, 0.4) is 0 Å². The SMILES string of the molecule is C=C[Si](C)(O[Si](C)(C)C)O[Si](C)(C)C[Si](C)(C)c1cccc(N(C)[C-]=O)c1.CC[Si](C)(C)c1cccc(N(C)[C-]=O)c1.[Rf]. The predicted octanol–water partition coefficient (Wildman–Crippen LogP) is 6.64. The zero-order chi connectivity index (χ0) is 32.6. The fraction of sp³-hybridized carbons (Fsp3) is 0.484. The van der Waals surface area contributed by atoms with Crippen molar-refractivity contribution in [2.24, 2.45) is 0 Å². The summed E-state index contributed by atoms with van der Waals surface area (Å²) in [5.41, 5.74) is 4.83. The molecule has 2 aromatic carbocycles. The van der Waals surface area contributed by atoms with Crippen LogP contribution in [0.15, 0.2) is 60.8 Å². The summed E-state index contributed by atoms with van der Waals surface area (Å²) in [6.07, 6.45) is 3.81. The van der Waals surface area contributed by atoms with Crippen LogP contribution in [0.4, 0.5) is 11.4 Å². The number of hydrogen-bond acceptors (Lipinski definition) is 4. The molecule has 0 heterocycles.